The number of benzene rings is 3. The number of fused-ring (bicyclic) bond motifs is 5. The van der Waals surface area contributed by atoms with Gasteiger partial charge in [-0.2, -0.15) is 14.0 Å². The minimum atomic E-state index is -3.58. The SMILES string of the molecule is Cc1nc(C(F)(F)c2ccc(C(C)(C)C)cc2)nc(C)c1C(=O)C[C@@H](CCN)C(=O)N(C)[C@@H]1C(=O)C[C@@H](C)C(=O)N[C@H](C(=O)CCC#N)Cc2ccc(OCCN)c(c2)-c2cc1ccc2OCCN. The number of likely N-dealkylation sites (N-methyl/N-ethyl adjacent to an activating group) is 1. The molecule has 4 bridgehead atoms. The number of nitrogens with zero attached hydrogens (tertiary/aromatic N) is 4. The first-order valence-electron chi connectivity index (χ1n) is 23.2. The molecule has 1 aromatic heterocycles. The summed E-state index contributed by atoms with van der Waals surface area (Å²) in [4.78, 5) is 80.6. The van der Waals surface area contributed by atoms with Crippen molar-refractivity contribution in [2.75, 3.05) is 39.9 Å². The minimum absolute atomic E-state index is 0.00613. The van der Waals surface area contributed by atoms with E-state index in [9.17, 15) is 29.2 Å². The Morgan fingerprint density at radius 2 is 1.45 bits per heavy atom. The molecule has 7 N–H and O–H groups in total. The smallest absolute Gasteiger partial charge is 0.331 e. The van der Waals surface area contributed by atoms with E-state index in [1.165, 1.54) is 44.9 Å². The van der Waals surface area contributed by atoms with Gasteiger partial charge in [0.25, 0.3) is 0 Å². The van der Waals surface area contributed by atoms with Gasteiger partial charge in [0.2, 0.25) is 17.6 Å². The number of hydrogen-bond acceptors (Lipinski definition) is 13. The number of aryl methyl sites for hydroxylation is 2. The summed E-state index contributed by atoms with van der Waals surface area (Å²) in [7, 11) is 1.43. The number of Topliss-reactive ketones (excluding diaryl/α,β-unsaturated/α-hetero) is 3. The highest BCUT2D eigenvalue weighted by molar-refractivity contribution is 6.01. The number of nitrogens with two attached hydrogens (primary N) is 3. The topological polar surface area (TPSA) is 247 Å². The Kier molecular flexibility index (Phi) is 18.0. The number of hydrogen-bond donors (Lipinski definition) is 4. The lowest BCUT2D eigenvalue weighted by Crippen LogP contribution is -2.46. The van der Waals surface area contributed by atoms with Gasteiger partial charge in [-0.05, 0) is 79.6 Å². The third-order valence-electron chi connectivity index (χ3n) is 12.3. The lowest BCUT2D eigenvalue weighted by atomic mass is 9.86. The summed E-state index contributed by atoms with van der Waals surface area (Å²) in [6, 6.07) is 15.8. The third-order valence-corrected chi connectivity index (χ3v) is 12.3. The van der Waals surface area contributed by atoms with Crippen LogP contribution >= 0.6 is 0 Å². The molecule has 15 nitrogen and oxygen atoms in total. The molecule has 5 rings (SSSR count). The van der Waals surface area contributed by atoms with Crippen molar-refractivity contribution < 1.29 is 42.2 Å². The summed E-state index contributed by atoms with van der Waals surface area (Å²) in [6.07, 6.45) is -0.869. The van der Waals surface area contributed by atoms with Gasteiger partial charge < -0.3 is 36.9 Å². The number of amides is 2. The van der Waals surface area contributed by atoms with Crippen LogP contribution in [-0.2, 0) is 36.9 Å². The molecule has 4 atom stereocenters. The second-order valence-electron chi connectivity index (χ2n) is 18.6. The predicted octanol–water partition coefficient (Wildman–Crippen LogP) is 6.12. The van der Waals surface area contributed by atoms with Crippen molar-refractivity contribution in [3.05, 3.63) is 106 Å². The van der Waals surface area contributed by atoms with E-state index in [0.717, 1.165) is 5.56 Å². The minimum Gasteiger partial charge on any atom is -0.492 e. The molecule has 0 fully saturated rings. The number of aromatic nitrogens is 2. The van der Waals surface area contributed by atoms with Gasteiger partial charge in [0.05, 0.1) is 29.1 Å². The van der Waals surface area contributed by atoms with Crippen LogP contribution in [0.3, 0.4) is 0 Å². The van der Waals surface area contributed by atoms with Crippen molar-refractivity contribution in [3.8, 4) is 28.7 Å². The second-order valence-corrected chi connectivity index (χ2v) is 18.6. The molecule has 69 heavy (non-hydrogen) atoms. The number of nitrogens with one attached hydrogen (secondary N) is 1. The molecule has 0 spiro atoms. The highest BCUT2D eigenvalue weighted by Crippen LogP contribution is 2.41. The molecule has 4 aromatic rings. The maximum atomic E-state index is 15.9. The Morgan fingerprint density at radius 1 is 0.870 bits per heavy atom. The van der Waals surface area contributed by atoms with Gasteiger partial charge in [-0.25, -0.2) is 9.97 Å². The van der Waals surface area contributed by atoms with E-state index in [1.54, 1.807) is 48.5 Å². The first-order valence-corrected chi connectivity index (χ1v) is 23.2. The highest BCUT2D eigenvalue weighted by atomic mass is 19.3. The monoisotopic (exact) mass is 950 g/mol. The lowest BCUT2D eigenvalue weighted by Gasteiger charge is -2.32. The maximum Gasteiger partial charge on any atom is 0.331 e. The molecule has 3 aromatic carbocycles. The quantitative estimate of drug-likeness (QED) is 0.0823. The fourth-order valence-electron chi connectivity index (χ4n) is 8.54. The van der Waals surface area contributed by atoms with Crippen LogP contribution < -0.4 is 32.0 Å². The van der Waals surface area contributed by atoms with Gasteiger partial charge in [0, 0.05) is 74.3 Å². The number of ether oxygens (including phenoxy) is 2. The molecule has 17 heteroatoms. The van der Waals surface area contributed by atoms with Crippen molar-refractivity contribution in [2.45, 2.75) is 103 Å². The molecule has 0 saturated heterocycles. The van der Waals surface area contributed by atoms with Gasteiger partial charge in [0.1, 0.15) is 30.8 Å². The van der Waals surface area contributed by atoms with Crippen LogP contribution in [0.4, 0.5) is 8.78 Å². The van der Waals surface area contributed by atoms with Crippen molar-refractivity contribution in [1.29, 1.82) is 5.26 Å². The van der Waals surface area contributed by atoms with E-state index in [0.29, 0.717) is 33.8 Å². The van der Waals surface area contributed by atoms with Gasteiger partial charge in [-0.3, -0.25) is 24.0 Å². The predicted molar refractivity (Wildman–Crippen MR) is 257 cm³/mol. The van der Waals surface area contributed by atoms with E-state index in [1.807, 2.05) is 26.8 Å². The number of alkyl halides is 2. The van der Waals surface area contributed by atoms with Crippen LogP contribution in [-0.4, -0.2) is 90.0 Å². The third kappa shape index (κ3) is 12.8. The number of nitriles is 1. The van der Waals surface area contributed by atoms with Gasteiger partial charge in [-0.1, -0.05) is 64.1 Å². The number of carbonyl (C=O) groups is 5. The van der Waals surface area contributed by atoms with E-state index in [4.69, 9.17) is 26.7 Å². The fourth-order valence-corrected chi connectivity index (χ4v) is 8.54. The summed E-state index contributed by atoms with van der Waals surface area (Å²) < 4.78 is 44.1. The lowest BCUT2D eigenvalue weighted by molar-refractivity contribution is -0.142. The zero-order valence-corrected chi connectivity index (χ0v) is 40.5. The summed E-state index contributed by atoms with van der Waals surface area (Å²) >= 11 is 0. The normalized spacial score (nSPS) is 16.9. The zero-order valence-electron chi connectivity index (χ0n) is 40.5. The van der Waals surface area contributed by atoms with Crippen LogP contribution in [0.1, 0.15) is 116 Å². The summed E-state index contributed by atoms with van der Waals surface area (Å²) in [5, 5.41) is 12.1. The number of halogens is 2. The van der Waals surface area contributed by atoms with E-state index < -0.39 is 65.5 Å². The van der Waals surface area contributed by atoms with E-state index in [-0.39, 0.29) is 98.7 Å². The first kappa shape index (κ1) is 53.5. The Bertz CT molecular complexity index is 2550. The molecule has 0 unspecified atom stereocenters. The Morgan fingerprint density at radius 3 is 2.01 bits per heavy atom. The fraction of sp³-hybridized carbons (Fsp3) is 0.462. The molecule has 0 radical (unpaired) electrons. The largest absolute Gasteiger partial charge is 0.492 e. The summed E-state index contributed by atoms with van der Waals surface area (Å²) in [6.45, 7) is 11.0. The molecule has 2 amide bonds. The second kappa shape index (κ2) is 23.2. The molecule has 1 aliphatic heterocycles. The van der Waals surface area contributed by atoms with Crippen LogP contribution in [0, 0.1) is 37.0 Å². The highest BCUT2D eigenvalue weighted by Gasteiger charge is 2.40. The molecule has 2 heterocycles. The van der Waals surface area contributed by atoms with Gasteiger partial charge in [-0.15, -0.1) is 0 Å². The Balaban J connectivity index is 1.56. The van der Waals surface area contributed by atoms with Gasteiger partial charge in [0.15, 0.2) is 17.3 Å². The number of carbonyl (C=O) groups excluding carboxylic acids is 5. The average Bonchev–Trinajstić information content (AvgIpc) is 3.30. The van der Waals surface area contributed by atoms with E-state index >= 15 is 8.78 Å². The van der Waals surface area contributed by atoms with Crippen molar-refractivity contribution in [3.63, 3.8) is 0 Å². The van der Waals surface area contributed by atoms with Gasteiger partial charge >= 0.3 is 5.92 Å². The van der Waals surface area contributed by atoms with E-state index in [2.05, 4.69) is 15.3 Å². The summed E-state index contributed by atoms with van der Waals surface area (Å²) in [5.74, 6) is -8.34. The van der Waals surface area contributed by atoms with Crippen molar-refractivity contribution in [1.82, 2.24) is 20.2 Å². The summed E-state index contributed by atoms with van der Waals surface area (Å²) in [5.41, 5.74) is 20.0. The van der Waals surface area contributed by atoms with Crippen molar-refractivity contribution in [2.24, 2.45) is 29.0 Å². The van der Waals surface area contributed by atoms with Crippen LogP contribution in [0.5, 0.6) is 11.5 Å². The maximum absolute atomic E-state index is 15.9. The molecular formula is C52H64F2N8O7. The zero-order chi connectivity index (χ0) is 50.8. The molecule has 368 valence electrons. The molecule has 0 aliphatic carbocycles. The number of rotatable bonds is 18. The van der Waals surface area contributed by atoms with Crippen LogP contribution in [0.15, 0.2) is 60.7 Å². The Hall–Kier alpha value is -6.48. The number of ketones is 3. The van der Waals surface area contributed by atoms with Crippen LogP contribution in [0.2, 0.25) is 0 Å². The molecule has 1 aliphatic rings. The van der Waals surface area contributed by atoms with Crippen LogP contribution in [0.25, 0.3) is 11.1 Å². The first-order chi connectivity index (χ1) is 32.7. The molecular weight excluding hydrogens is 887 g/mol. The standard InChI is InChI=1S/C52H64F2N8O7/c1-30-25-43(65)47(34-11-17-45(69-24-22-58)39(28-34)38-26-33(10-16-44(38)68-23-21-57)27-40(61-48(30)66)41(63)9-8-19-55)62(7)49(67)35(18-20-56)29-42(64)46-31(2)59-50(60-32(46)3)52(53,54)37-14-12-36(13-15-37)51(4,5)6/h10-17,26,28,30,35,40,47H,8-9,18,20-25,27,29,56-58H2,1-7H3,(H,61,66)/t30-,35-,40+,47+/m1/s1. The van der Waals surface area contributed by atoms with Crippen molar-refractivity contribution >= 4 is 29.2 Å². The molecule has 0 saturated carbocycles. The average molecular weight is 951 g/mol. The Labute approximate surface area is 402 Å².